The first-order valence-electron chi connectivity index (χ1n) is 19.6. The van der Waals surface area contributed by atoms with Crippen molar-refractivity contribution in [2.75, 3.05) is 4.90 Å². The zero-order valence-electron chi connectivity index (χ0n) is 31.0. The fourth-order valence-corrected chi connectivity index (χ4v) is 8.86. The number of hydrogen-bond acceptors (Lipinski definition) is 5. The number of hydrogen-bond donors (Lipinski definition) is 1. The third kappa shape index (κ3) is 5.93. The minimum Gasteiger partial charge on any atom is -0.404 e. The van der Waals surface area contributed by atoms with Crippen molar-refractivity contribution < 1.29 is 0 Å². The molecule has 4 aliphatic rings. The molecule has 5 heteroatoms. The molecule has 0 radical (unpaired) electrons. The Morgan fingerprint density at radius 1 is 0.732 bits per heavy atom. The summed E-state index contributed by atoms with van der Waals surface area (Å²) in [5.41, 5.74) is 18.2. The minimum absolute atomic E-state index is 0.0395. The third-order valence-corrected chi connectivity index (χ3v) is 11.5. The molecule has 0 amide bonds. The highest BCUT2D eigenvalue weighted by molar-refractivity contribution is 6.01. The maximum Gasteiger partial charge on any atom is 0.161 e. The van der Waals surface area contributed by atoms with Crippen LogP contribution < -0.4 is 10.6 Å². The van der Waals surface area contributed by atoms with Gasteiger partial charge < -0.3 is 10.6 Å². The Balaban J connectivity index is 1.11. The van der Waals surface area contributed by atoms with E-state index in [9.17, 15) is 0 Å². The number of nitrogens with zero attached hydrogens (tertiary/aromatic N) is 4. The van der Waals surface area contributed by atoms with Gasteiger partial charge in [-0.05, 0) is 53.0 Å². The lowest BCUT2D eigenvalue weighted by molar-refractivity contribution is 0.736. The number of nitrogens with two attached hydrogens (primary N) is 1. The molecule has 3 atom stereocenters. The Morgan fingerprint density at radius 3 is 2.32 bits per heavy atom. The van der Waals surface area contributed by atoms with E-state index in [1.54, 1.807) is 6.20 Å². The Hall–Kier alpha value is -6.85. The van der Waals surface area contributed by atoms with Gasteiger partial charge in [0, 0.05) is 51.9 Å². The summed E-state index contributed by atoms with van der Waals surface area (Å²) < 4.78 is 0. The van der Waals surface area contributed by atoms with E-state index in [1.807, 2.05) is 18.2 Å². The summed E-state index contributed by atoms with van der Waals surface area (Å²) in [5.74, 6) is 1.99. The lowest BCUT2D eigenvalue weighted by Crippen LogP contribution is -2.29. The number of para-hydroxylation sites is 1. The molecule has 2 aromatic heterocycles. The van der Waals surface area contributed by atoms with Crippen molar-refractivity contribution in [3.05, 3.63) is 216 Å². The summed E-state index contributed by atoms with van der Waals surface area (Å²) >= 11 is 0. The van der Waals surface area contributed by atoms with Crippen LogP contribution >= 0.6 is 0 Å². The fourth-order valence-electron chi connectivity index (χ4n) is 8.86. The summed E-state index contributed by atoms with van der Waals surface area (Å²) in [6.45, 7) is 0. The summed E-state index contributed by atoms with van der Waals surface area (Å²) in [6, 6.07) is 40.6. The molecule has 2 N–H and O–H groups in total. The van der Waals surface area contributed by atoms with Crippen molar-refractivity contribution in [2.45, 2.75) is 37.1 Å². The molecule has 6 aromatic rings. The van der Waals surface area contributed by atoms with Gasteiger partial charge >= 0.3 is 0 Å². The lowest BCUT2D eigenvalue weighted by Gasteiger charge is -2.29. The summed E-state index contributed by atoms with van der Waals surface area (Å²) in [7, 11) is 0. The SMILES string of the molecule is NC=C(c1ccccc1)c1nc(-c2ccccc2)c(C2C=CC=C(c3cc(N4c5ccccc5C5C=CC=CC54)nc(C4=CCCC=C4)n3)C2)c2ccccc12. The zero-order chi connectivity index (χ0) is 37.4. The largest absolute Gasteiger partial charge is 0.404 e. The average Bonchev–Trinajstić information content (AvgIpc) is 3.62. The maximum atomic E-state index is 6.41. The van der Waals surface area contributed by atoms with E-state index in [0.29, 0.717) is 0 Å². The van der Waals surface area contributed by atoms with Crippen LogP contribution in [0.5, 0.6) is 0 Å². The molecular formula is C51H41N5. The van der Waals surface area contributed by atoms with Crippen molar-refractivity contribution in [1.29, 1.82) is 0 Å². The molecule has 3 unspecified atom stereocenters. The van der Waals surface area contributed by atoms with Gasteiger partial charge in [0.25, 0.3) is 0 Å². The standard InChI is InChI=1S/C51H41N5/c52-33-43(34-17-4-1-5-18-34)50-42-28-11-10-27-41(42)48(49(55-50)35-19-6-2-7-20-35)38-24-16-23-37(31-38)44-32-47(54-51(53-44)36-21-8-3-9-22-36)56-45-29-14-12-25-39(45)40-26-13-15-30-46(40)56/h1-2,4-8,10-30,32-33,38-39,45H,3,9,31,52H2. The van der Waals surface area contributed by atoms with Gasteiger partial charge in [0.1, 0.15) is 5.82 Å². The molecule has 0 fully saturated rings. The van der Waals surface area contributed by atoms with Gasteiger partial charge in [0.05, 0.1) is 23.1 Å². The number of aromatic nitrogens is 3. The summed E-state index contributed by atoms with van der Waals surface area (Å²) in [6.07, 6.45) is 26.9. The van der Waals surface area contributed by atoms with E-state index >= 15 is 0 Å². The van der Waals surface area contributed by atoms with E-state index in [4.69, 9.17) is 20.7 Å². The van der Waals surface area contributed by atoms with E-state index in [-0.39, 0.29) is 17.9 Å². The number of pyridine rings is 1. The summed E-state index contributed by atoms with van der Waals surface area (Å²) in [4.78, 5) is 18.6. The van der Waals surface area contributed by atoms with Crippen molar-refractivity contribution in [1.82, 2.24) is 15.0 Å². The monoisotopic (exact) mass is 723 g/mol. The Bertz CT molecular complexity index is 2700. The molecule has 56 heavy (non-hydrogen) atoms. The Labute approximate surface area is 328 Å². The predicted molar refractivity (Wildman–Crippen MR) is 231 cm³/mol. The second kappa shape index (κ2) is 14.4. The highest BCUT2D eigenvalue weighted by Gasteiger charge is 2.38. The van der Waals surface area contributed by atoms with E-state index in [1.165, 1.54) is 27.8 Å². The molecule has 0 bridgehead atoms. The number of rotatable bonds is 7. The molecule has 3 heterocycles. The molecule has 1 aliphatic heterocycles. The van der Waals surface area contributed by atoms with Crippen LogP contribution in [0.25, 0.3) is 38.7 Å². The van der Waals surface area contributed by atoms with Crippen molar-refractivity contribution >= 4 is 39.0 Å². The van der Waals surface area contributed by atoms with Gasteiger partial charge in [0.15, 0.2) is 5.82 Å². The van der Waals surface area contributed by atoms with E-state index in [2.05, 4.69) is 163 Å². The number of anilines is 2. The van der Waals surface area contributed by atoms with Gasteiger partial charge in [-0.25, -0.2) is 15.0 Å². The normalized spacial score (nSPS) is 19.8. The average molecular weight is 724 g/mol. The molecule has 5 nitrogen and oxygen atoms in total. The summed E-state index contributed by atoms with van der Waals surface area (Å²) in [5, 5.41) is 2.24. The van der Waals surface area contributed by atoms with Crippen LogP contribution in [0, 0.1) is 0 Å². The van der Waals surface area contributed by atoms with Crippen LogP contribution in [0.2, 0.25) is 0 Å². The van der Waals surface area contributed by atoms with Crippen molar-refractivity contribution in [3.63, 3.8) is 0 Å². The highest BCUT2D eigenvalue weighted by atomic mass is 15.3. The molecule has 0 saturated heterocycles. The number of allylic oxidation sites excluding steroid dienone is 10. The molecule has 0 saturated carbocycles. The second-order valence-electron chi connectivity index (χ2n) is 14.8. The molecule has 10 rings (SSSR count). The quantitative estimate of drug-likeness (QED) is 0.178. The molecule has 0 spiro atoms. The van der Waals surface area contributed by atoms with Crippen LogP contribution in [-0.4, -0.2) is 21.0 Å². The van der Waals surface area contributed by atoms with Crippen LogP contribution in [0.3, 0.4) is 0 Å². The Kier molecular flexibility index (Phi) is 8.68. The van der Waals surface area contributed by atoms with Gasteiger partial charge in [-0.2, -0.15) is 0 Å². The van der Waals surface area contributed by atoms with Crippen LogP contribution in [-0.2, 0) is 0 Å². The van der Waals surface area contributed by atoms with Crippen molar-refractivity contribution in [2.24, 2.45) is 5.73 Å². The topological polar surface area (TPSA) is 67.9 Å². The molecule has 4 aromatic carbocycles. The first-order valence-corrected chi connectivity index (χ1v) is 19.6. The third-order valence-electron chi connectivity index (χ3n) is 11.5. The molecule has 270 valence electrons. The highest BCUT2D eigenvalue weighted by Crippen LogP contribution is 2.48. The molecule has 3 aliphatic carbocycles. The van der Waals surface area contributed by atoms with Crippen molar-refractivity contribution in [3.8, 4) is 11.3 Å². The number of benzene rings is 4. The smallest absolute Gasteiger partial charge is 0.161 e. The minimum atomic E-state index is 0.0395. The Morgan fingerprint density at radius 2 is 1.50 bits per heavy atom. The van der Waals surface area contributed by atoms with Crippen LogP contribution in [0.15, 0.2) is 182 Å². The van der Waals surface area contributed by atoms with E-state index in [0.717, 1.165) is 75.6 Å². The van der Waals surface area contributed by atoms with Gasteiger partial charge in [-0.1, -0.05) is 164 Å². The molecular weight excluding hydrogens is 683 g/mol. The lowest BCUT2D eigenvalue weighted by atomic mass is 9.81. The zero-order valence-corrected chi connectivity index (χ0v) is 31.0. The second-order valence-corrected chi connectivity index (χ2v) is 14.8. The van der Waals surface area contributed by atoms with Gasteiger partial charge in [-0.3, -0.25) is 0 Å². The fraction of sp³-hybridized carbons (Fsp3) is 0.118. The van der Waals surface area contributed by atoms with Crippen LogP contribution in [0.4, 0.5) is 11.5 Å². The first-order chi connectivity index (χ1) is 27.7. The van der Waals surface area contributed by atoms with Gasteiger partial charge in [-0.15, -0.1) is 0 Å². The predicted octanol–water partition coefficient (Wildman–Crippen LogP) is 11.6. The van der Waals surface area contributed by atoms with E-state index < -0.39 is 0 Å². The number of fused-ring (bicyclic) bond motifs is 4. The van der Waals surface area contributed by atoms with Gasteiger partial charge in [0.2, 0.25) is 0 Å². The first kappa shape index (κ1) is 33.7. The van der Waals surface area contributed by atoms with Crippen LogP contribution in [0.1, 0.15) is 65.0 Å². The maximum absolute atomic E-state index is 6.41.